The monoisotopic (exact) mass is 1370 g/mol. The van der Waals surface area contributed by atoms with Crippen LogP contribution in [-0.4, -0.2) is 123 Å². The maximum atomic E-state index is 14.2. The number of hydrogen-bond donors (Lipinski definition) is 3. The summed E-state index contributed by atoms with van der Waals surface area (Å²) in [6, 6.07) is 30.5. The van der Waals surface area contributed by atoms with Gasteiger partial charge in [0.2, 0.25) is 0 Å². The molecular formula is C57H51Cl2F3N16O12S3. The summed E-state index contributed by atoms with van der Waals surface area (Å²) in [4.78, 5) is 35.7. The predicted molar refractivity (Wildman–Crippen MR) is 331 cm³/mol. The molecule has 0 spiro atoms. The first-order chi connectivity index (χ1) is 44.2. The van der Waals surface area contributed by atoms with Crippen LogP contribution in [0, 0.1) is 24.4 Å². The molecular weight excluding hydrogens is 1320 g/mol. The van der Waals surface area contributed by atoms with Crippen LogP contribution >= 0.6 is 21.4 Å². The number of halogens is 5. The van der Waals surface area contributed by atoms with Gasteiger partial charge in [-0.2, -0.15) is 32.1 Å². The molecule has 12 aromatic rings. The minimum absolute atomic E-state index is 0.000796. The first-order valence-electron chi connectivity index (χ1n) is 26.9. The molecule has 12 rings (SSSR count). The van der Waals surface area contributed by atoms with E-state index in [0.29, 0.717) is 73.8 Å². The van der Waals surface area contributed by atoms with Crippen molar-refractivity contribution in [3.63, 3.8) is 0 Å². The van der Waals surface area contributed by atoms with Crippen LogP contribution in [0.1, 0.15) is 42.7 Å². The third-order valence-electron chi connectivity index (χ3n) is 12.3. The van der Waals surface area contributed by atoms with Crippen molar-refractivity contribution >= 4 is 55.7 Å². The highest BCUT2D eigenvalue weighted by molar-refractivity contribution is 8.13. The second kappa shape index (κ2) is 30.3. The van der Waals surface area contributed by atoms with Gasteiger partial charge in [0.05, 0.1) is 54.8 Å². The number of hydrogen-bond acceptors (Lipinski definition) is 22. The number of aromatic nitrogens is 15. The fraction of sp³-hybridized carbons (Fsp3) is 0.158. The van der Waals surface area contributed by atoms with Crippen molar-refractivity contribution in [2.24, 2.45) is 0 Å². The second-order valence-electron chi connectivity index (χ2n) is 19.4. The Morgan fingerprint density at radius 3 is 1.27 bits per heavy atom. The van der Waals surface area contributed by atoms with E-state index in [1.165, 1.54) is 72.2 Å². The maximum Gasteiger partial charge on any atom is 0.353 e. The standard InChI is InChI=1S/C19H17FN6O4S.C18H13ClFN5O3S.C17H12FN5O2.C3H8.ClHO3S/c1-25(2)19-17(31(27,28)29)10-21-18(22-19)15-9-16(14-7-8-30-24-14)26(23-15)11-12-5-3-4-6-13(12)20;1-11-17(29(19,26)27)9-21-18(22-11)15-8-16(14-6-7-28-24-14)25(23-15)10-12-4-2-3-5-13(12)20;18-12-4-2-1-3-11(12)10-23-15(13-6-8-25-22-13)9-14(21-23)17-19-7-5-16(24)20-17;1-3-2;1-5(2,3)4/h3-10H,11H2,1-2H3,(H,27,28,29);2-9H,10H2,1H3;1-9H,10H2,(H,19,20,24);3H2,1-2H3;(H,2,3,4). The van der Waals surface area contributed by atoms with E-state index in [9.17, 15) is 39.4 Å². The van der Waals surface area contributed by atoms with Crippen molar-refractivity contribution in [3.05, 3.63) is 203 Å². The van der Waals surface area contributed by atoms with E-state index in [0.717, 1.165) is 12.4 Å². The molecule has 9 aromatic heterocycles. The lowest BCUT2D eigenvalue weighted by atomic mass is 10.2. The molecule has 3 aromatic carbocycles. The minimum Gasteiger partial charge on any atom is -0.364 e. The topological polar surface area (TPSA) is 375 Å². The van der Waals surface area contributed by atoms with Gasteiger partial charge in [-0.1, -0.05) is 90.3 Å². The van der Waals surface area contributed by atoms with Crippen LogP contribution in [0.5, 0.6) is 0 Å². The molecule has 0 amide bonds. The average molecular weight is 1380 g/mol. The van der Waals surface area contributed by atoms with Crippen molar-refractivity contribution in [1.29, 1.82) is 0 Å². The molecule has 0 fully saturated rings. The molecule has 0 unspecified atom stereocenters. The van der Waals surface area contributed by atoms with Crippen LogP contribution in [0.4, 0.5) is 19.0 Å². The van der Waals surface area contributed by atoms with Crippen LogP contribution in [0.2, 0.25) is 0 Å². The van der Waals surface area contributed by atoms with Gasteiger partial charge in [0.15, 0.2) is 28.2 Å². The minimum atomic E-state index is -4.52. The molecule has 0 saturated heterocycles. The average Bonchev–Trinajstić information content (AvgIpc) is 1.77. The van der Waals surface area contributed by atoms with Gasteiger partial charge < -0.3 is 23.5 Å². The summed E-state index contributed by atoms with van der Waals surface area (Å²) in [5, 5.41) is 25.1. The number of H-pyrrole nitrogens is 1. The highest BCUT2D eigenvalue weighted by Crippen LogP contribution is 2.30. The predicted octanol–water partition coefficient (Wildman–Crippen LogP) is 9.83. The third-order valence-corrected chi connectivity index (χ3v) is 14.5. The Morgan fingerprint density at radius 2 is 0.925 bits per heavy atom. The molecule has 484 valence electrons. The Labute approximate surface area is 535 Å². The summed E-state index contributed by atoms with van der Waals surface area (Å²) in [5.74, 6) is -0.425. The van der Waals surface area contributed by atoms with Gasteiger partial charge in [-0.05, 0) is 43.3 Å². The summed E-state index contributed by atoms with van der Waals surface area (Å²) < 4.78 is 143. The number of nitrogens with zero attached hydrogens (tertiary/aromatic N) is 15. The number of aromatic amines is 1. The fourth-order valence-electron chi connectivity index (χ4n) is 8.27. The molecule has 93 heavy (non-hydrogen) atoms. The highest BCUT2D eigenvalue weighted by atomic mass is 35.7. The van der Waals surface area contributed by atoms with Crippen molar-refractivity contribution in [2.45, 2.75) is 56.6 Å². The zero-order valence-electron chi connectivity index (χ0n) is 49.1. The van der Waals surface area contributed by atoms with Crippen LogP contribution in [0.3, 0.4) is 0 Å². The van der Waals surface area contributed by atoms with Crippen LogP contribution in [0.25, 0.3) is 68.7 Å². The Kier molecular flexibility index (Phi) is 22.5. The van der Waals surface area contributed by atoms with E-state index in [1.54, 1.807) is 114 Å². The van der Waals surface area contributed by atoms with Crippen molar-refractivity contribution in [2.75, 3.05) is 19.0 Å². The fourth-order valence-corrected chi connectivity index (χ4v) is 9.95. The summed E-state index contributed by atoms with van der Waals surface area (Å²) >= 11 is 0. The quantitative estimate of drug-likeness (QED) is 0.0634. The van der Waals surface area contributed by atoms with Crippen molar-refractivity contribution in [3.8, 4) is 68.7 Å². The molecule has 28 nitrogen and oxygen atoms in total. The van der Waals surface area contributed by atoms with Gasteiger partial charge in [0.1, 0.15) is 75.3 Å². The molecule has 0 atom stereocenters. The van der Waals surface area contributed by atoms with Gasteiger partial charge in [-0.25, -0.2) is 46.5 Å². The lowest BCUT2D eigenvalue weighted by molar-refractivity contribution is 0.421. The van der Waals surface area contributed by atoms with E-state index < -0.39 is 33.4 Å². The lowest BCUT2D eigenvalue weighted by Gasteiger charge is -2.14. The SMILES string of the molecule is CCC.CN(C)c1nc(-c2cc(-c3ccon3)n(Cc3ccccc3F)n2)ncc1S(=O)(=O)O.Cc1nc(-c2cc(-c3ccon3)n(Cc3ccccc3F)n2)ncc1S(=O)(=O)Cl.O=S(=O)(O)Cl.O=c1ccnc(-c2cc(-c3ccon3)n(Cc3ccccc3F)n2)[nH]1. The summed E-state index contributed by atoms with van der Waals surface area (Å²) in [7, 11) is -0.0671. The number of nitrogens with one attached hydrogen (secondary N) is 1. The number of anilines is 1. The van der Waals surface area contributed by atoms with Gasteiger partial charge in [-0.3, -0.25) is 27.9 Å². The first-order valence-corrected chi connectivity index (χ1v) is 32.9. The van der Waals surface area contributed by atoms with E-state index >= 15 is 0 Å². The maximum absolute atomic E-state index is 14.2. The molecule has 0 aliphatic carbocycles. The zero-order chi connectivity index (χ0) is 67.2. The molecule has 36 heteroatoms. The number of benzene rings is 3. The third kappa shape index (κ3) is 18.5. The smallest absolute Gasteiger partial charge is 0.353 e. The van der Waals surface area contributed by atoms with Crippen molar-refractivity contribution in [1.82, 2.24) is 74.7 Å². The Balaban J connectivity index is 0.000000170. The molecule has 0 bridgehead atoms. The van der Waals surface area contributed by atoms with E-state index in [1.807, 2.05) is 0 Å². The Morgan fingerprint density at radius 1 is 0.548 bits per heavy atom. The van der Waals surface area contributed by atoms with E-state index in [-0.39, 0.29) is 70.7 Å². The molecule has 3 N–H and O–H groups in total. The summed E-state index contributed by atoms with van der Waals surface area (Å²) in [6.45, 7) is 6.21. The molecule has 0 radical (unpaired) electrons. The zero-order valence-corrected chi connectivity index (χ0v) is 53.0. The molecule has 0 aliphatic rings. The Hall–Kier alpha value is -10.1. The second-order valence-corrected chi connectivity index (χ2v) is 25.3. The van der Waals surface area contributed by atoms with Crippen LogP contribution < -0.4 is 10.5 Å². The molecule has 0 saturated carbocycles. The largest absolute Gasteiger partial charge is 0.364 e. The molecule has 0 aliphatic heterocycles. The number of aryl methyl sites for hydroxylation is 1. The Bertz CT molecular complexity index is 4910. The lowest BCUT2D eigenvalue weighted by Crippen LogP contribution is -2.16. The van der Waals surface area contributed by atoms with Crippen molar-refractivity contribution < 1.29 is 61.1 Å². The highest BCUT2D eigenvalue weighted by Gasteiger charge is 2.25. The first kappa shape index (κ1) is 68.8. The van der Waals surface area contributed by atoms with E-state index in [2.05, 4.69) is 85.2 Å². The number of rotatable bonds is 15. The van der Waals surface area contributed by atoms with Gasteiger partial charge in [-0.15, -0.1) is 0 Å². The van der Waals surface area contributed by atoms with Crippen LogP contribution in [0.15, 0.2) is 181 Å². The molecule has 9 heterocycles. The summed E-state index contributed by atoms with van der Waals surface area (Å²) in [6.07, 6.45) is 9.05. The normalized spacial score (nSPS) is 11.3. The summed E-state index contributed by atoms with van der Waals surface area (Å²) in [5.41, 5.74) is 5.59. The van der Waals surface area contributed by atoms with Gasteiger partial charge in [0.25, 0.3) is 24.7 Å². The van der Waals surface area contributed by atoms with E-state index in [4.69, 9.17) is 37.2 Å². The van der Waals surface area contributed by atoms with Gasteiger partial charge in [0, 0.05) is 82.6 Å². The van der Waals surface area contributed by atoms with Crippen LogP contribution in [-0.2, 0) is 48.1 Å². The van der Waals surface area contributed by atoms with Gasteiger partial charge >= 0.3 is 9.33 Å².